The van der Waals surface area contributed by atoms with Gasteiger partial charge in [-0.1, -0.05) is 13.8 Å². The lowest BCUT2D eigenvalue weighted by Crippen LogP contribution is -2.40. The molecule has 0 aromatic heterocycles. The van der Waals surface area contributed by atoms with Gasteiger partial charge in [-0.15, -0.1) is 0 Å². The Balaban J connectivity index is 2.22. The van der Waals surface area contributed by atoms with Crippen LogP contribution in [0.3, 0.4) is 0 Å². The van der Waals surface area contributed by atoms with Gasteiger partial charge < -0.3 is 10.6 Å². The van der Waals surface area contributed by atoms with Crippen LogP contribution in [0.5, 0.6) is 0 Å². The summed E-state index contributed by atoms with van der Waals surface area (Å²) in [6.07, 6.45) is 2.12. The van der Waals surface area contributed by atoms with E-state index in [-0.39, 0.29) is 17.4 Å². The molecule has 0 radical (unpaired) electrons. The first-order valence-corrected chi connectivity index (χ1v) is 5.43. The second-order valence-electron chi connectivity index (χ2n) is 4.85. The van der Waals surface area contributed by atoms with E-state index in [0.29, 0.717) is 13.0 Å². The lowest BCUT2D eigenvalue weighted by molar-refractivity contribution is -0.122. The van der Waals surface area contributed by atoms with Crippen LogP contribution in [0.15, 0.2) is 0 Å². The molecule has 1 atom stereocenters. The SMILES string of the molecule is CC1(C)CN[C@H](C(=O)NCCCC#N)C1. The Labute approximate surface area is 91.0 Å². The summed E-state index contributed by atoms with van der Waals surface area (Å²) in [5, 5.41) is 14.4. The predicted molar refractivity (Wildman–Crippen MR) is 58.0 cm³/mol. The number of nitriles is 1. The maximum Gasteiger partial charge on any atom is 0.237 e. The minimum absolute atomic E-state index is 0.0536. The first-order valence-electron chi connectivity index (χ1n) is 5.43. The topological polar surface area (TPSA) is 64.9 Å². The van der Waals surface area contributed by atoms with Crippen molar-refractivity contribution in [3.63, 3.8) is 0 Å². The van der Waals surface area contributed by atoms with Crippen LogP contribution in [0.1, 0.15) is 33.1 Å². The zero-order valence-corrected chi connectivity index (χ0v) is 9.47. The van der Waals surface area contributed by atoms with Crippen LogP contribution >= 0.6 is 0 Å². The molecule has 0 bridgehead atoms. The molecular weight excluding hydrogens is 190 g/mol. The average molecular weight is 209 g/mol. The molecular formula is C11H19N3O. The minimum Gasteiger partial charge on any atom is -0.355 e. The third-order valence-electron chi connectivity index (χ3n) is 2.66. The van der Waals surface area contributed by atoms with Gasteiger partial charge in [-0.2, -0.15) is 5.26 Å². The molecule has 1 heterocycles. The second-order valence-corrected chi connectivity index (χ2v) is 4.85. The van der Waals surface area contributed by atoms with Crippen molar-refractivity contribution in [3.05, 3.63) is 0 Å². The number of amides is 1. The number of carbonyl (C=O) groups excluding carboxylic acids is 1. The molecule has 15 heavy (non-hydrogen) atoms. The van der Waals surface area contributed by atoms with Crippen LogP contribution in [-0.2, 0) is 4.79 Å². The highest BCUT2D eigenvalue weighted by Gasteiger charge is 2.34. The zero-order valence-electron chi connectivity index (χ0n) is 9.47. The molecule has 0 spiro atoms. The summed E-state index contributed by atoms with van der Waals surface area (Å²) in [5.74, 6) is 0.0681. The van der Waals surface area contributed by atoms with E-state index in [1.165, 1.54) is 0 Å². The quantitative estimate of drug-likeness (QED) is 0.673. The maximum absolute atomic E-state index is 11.6. The van der Waals surface area contributed by atoms with Crippen LogP contribution in [0.2, 0.25) is 0 Å². The molecule has 0 aliphatic carbocycles. The van der Waals surface area contributed by atoms with E-state index < -0.39 is 0 Å². The standard InChI is InChI=1S/C11H19N3O/c1-11(2)7-9(14-8-11)10(15)13-6-4-3-5-12/h9,14H,3-4,6-8H2,1-2H3,(H,13,15)/t9-/m0/s1. The van der Waals surface area contributed by atoms with Gasteiger partial charge in [0.15, 0.2) is 0 Å². The number of hydrogen-bond acceptors (Lipinski definition) is 3. The predicted octanol–water partition coefficient (Wildman–Crippen LogP) is 0.794. The van der Waals surface area contributed by atoms with Gasteiger partial charge in [-0.25, -0.2) is 0 Å². The van der Waals surface area contributed by atoms with Crippen molar-refractivity contribution < 1.29 is 4.79 Å². The normalized spacial score (nSPS) is 23.4. The fourth-order valence-electron chi connectivity index (χ4n) is 1.78. The Morgan fingerprint density at radius 2 is 2.40 bits per heavy atom. The summed E-state index contributed by atoms with van der Waals surface area (Å²) in [5.41, 5.74) is 0.217. The molecule has 4 nitrogen and oxygen atoms in total. The van der Waals surface area contributed by atoms with E-state index in [1.54, 1.807) is 0 Å². The summed E-state index contributed by atoms with van der Waals surface area (Å²) in [7, 11) is 0. The molecule has 1 aliphatic heterocycles. The Hall–Kier alpha value is -1.08. The van der Waals surface area contributed by atoms with E-state index >= 15 is 0 Å². The molecule has 84 valence electrons. The zero-order chi connectivity index (χ0) is 11.3. The molecule has 0 saturated carbocycles. The summed E-state index contributed by atoms with van der Waals surface area (Å²) < 4.78 is 0. The molecule has 1 amide bonds. The fourth-order valence-corrected chi connectivity index (χ4v) is 1.78. The Morgan fingerprint density at radius 3 is 2.93 bits per heavy atom. The van der Waals surface area contributed by atoms with E-state index in [0.717, 1.165) is 19.4 Å². The highest BCUT2D eigenvalue weighted by atomic mass is 16.2. The maximum atomic E-state index is 11.6. The van der Waals surface area contributed by atoms with E-state index in [2.05, 4.69) is 30.6 Å². The van der Waals surface area contributed by atoms with Gasteiger partial charge in [0.25, 0.3) is 0 Å². The third-order valence-corrected chi connectivity index (χ3v) is 2.66. The van der Waals surface area contributed by atoms with Crippen molar-refractivity contribution in [1.82, 2.24) is 10.6 Å². The van der Waals surface area contributed by atoms with Crippen molar-refractivity contribution in [2.75, 3.05) is 13.1 Å². The van der Waals surface area contributed by atoms with Crippen molar-refractivity contribution in [1.29, 1.82) is 5.26 Å². The summed E-state index contributed by atoms with van der Waals surface area (Å²) in [6.45, 7) is 5.81. The molecule has 0 aromatic carbocycles. The van der Waals surface area contributed by atoms with Gasteiger partial charge in [0.05, 0.1) is 12.1 Å². The minimum atomic E-state index is -0.0536. The fraction of sp³-hybridized carbons (Fsp3) is 0.818. The summed E-state index contributed by atoms with van der Waals surface area (Å²) >= 11 is 0. The highest BCUT2D eigenvalue weighted by Crippen LogP contribution is 2.26. The summed E-state index contributed by atoms with van der Waals surface area (Å²) in [4.78, 5) is 11.6. The Kier molecular flexibility index (Phi) is 4.10. The molecule has 1 saturated heterocycles. The van der Waals surface area contributed by atoms with Gasteiger partial charge in [0, 0.05) is 19.5 Å². The molecule has 0 aromatic rings. The number of hydrogen-bond donors (Lipinski definition) is 2. The van der Waals surface area contributed by atoms with Crippen LogP contribution in [-0.4, -0.2) is 25.0 Å². The van der Waals surface area contributed by atoms with Gasteiger partial charge in [-0.05, 0) is 18.3 Å². The lowest BCUT2D eigenvalue weighted by atomic mass is 9.90. The highest BCUT2D eigenvalue weighted by molar-refractivity contribution is 5.82. The summed E-state index contributed by atoms with van der Waals surface area (Å²) in [6, 6.07) is 2.00. The van der Waals surface area contributed by atoms with Crippen molar-refractivity contribution >= 4 is 5.91 Å². The number of nitrogens with one attached hydrogen (secondary N) is 2. The molecule has 1 aliphatic rings. The van der Waals surface area contributed by atoms with Crippen molar-refractivity contribution in [3.8, 4) is 6.07 Å². The van der Waals surface area contributed by atoms with E-state index in [9.17, 15) is 4.79 Å². The molecule has 1 fully saturated rings. The first-order chi connectivity index (χ1) is 7.05. The number of nitrogens with zero attached hydrogens (tertiary/aromatic N) is 1. The van der Waals surface area contributed by atoms with Crippen LogP contribution in [0.25, 0.3) is 0 Å². The molecule has 0 unspecified atom stereocenters. The van der Waals surface area contributed by atoms with E-state index in [4.69, 9.17) is 5.26 Å². The number of carbonyl (C=O) groups is 1. The second kappa shape index (κ2) is 5.13. The van der Waals surface area contributed by atoms with Gasteiger partial charge in [-0.3, -0.25) is 4.79 Å². The van der Waals surface area contributed by atoms with Gasteiger partial charge >= 0.3 is 0 Å². The number of unbranched alkanes of at least 4 members (excludes halogenated alkanes) is 1. The molecule has 2 N–H and O–H groups in total. The lowest BCUT2D eigenvalue weighted by Gasteiger charge is -2.15. The molecule has 4 heteroatoms. The van der Waals surface area contributed by atoms with Crippen LogP contribution in [0, 0.1) is 16.7 Å². The third kappa shape index (κ3) is 3.88. The van der Waals surface area contributed by atoms with Gasteiger partial charge in [0.2, 0.25) is 5.91 Å². The Morgan fingerprint density at radius 1 is 1.67 bits per heavy atom. The smallest absolute Gasteiger partial charge is 0.237 e. The van der Waals surface area contributed by atoms with Crippen molar-refractivity contribution in [2.45, 2.75) is 39.2 Å². The molecule has 1 rings (SSSR count). The first kappa shape index (κ1) is 12.0. The van der Waals surface area contributed by atoms with E-state index in [1.807, 2.05) is 0 Å². The largest absolute Gasteiger partial charge is 0.355 e. The van der Waals surface area contributed by atoms with Crippen LogP contribution in [0.4, 0.5) is 0 Å². The Bertz CT molecular complexity index is 267. The van der Waals surface area contributed by atoms with Crippen molar-refractivity contribution in [2.24, 2.45) is 5.41 Å². The monoisotopic (exact) mass is 209 g/mol. The average Bonchev–Trinajstić information content (AvgIpc) is 2.53. The van der Waals surface area contributed by atoms with Gasteiger partial charge in [0.1, 0.15) is 0 Å². The number of rotatable bonds is 4. The van der Waals surface area contributed by atoms with Crippen LogP contribution < -0.4 is 10.6 Å².